The number of para-hydroxylation sites is 1. The number of hydrogen-bond acceptors (Lipinski definition) is 6. The highest BCUT2D eigenvalue weighted by molar-refractivity contribution is 6.30. The molecule has 1 aliphatic heterocycles. The maximum atomic E-state index is 12.7. The van der Waals surface area contributed by atoms with Crippen LogP contribution in [0, 0.1) is 6.92 Å². The van der Waals surface area contributed by atoms with Crippen molar-refractivity contribution in [3.63, 3.8) is 0 Å². The highest BCUT2D eigenvalue weighted by Gasteiger charge is 2.23. The fourth-order valence-electron chi connectivity index (χ4n) is 4.70. The van der Waals surface area contributed by atoms with Gasteiger partial charge in [0, 0.05) is 42.5 Å². The summed E-state index contributed by atoms with van der Waals surface area (Å²) in [6.45, 7) is 6.76. The minimum Gasteiger partial charge on any atom is -0.484 e. The van der Waals surface area contributed by atoms with Crippen LogP contribution in [0.1, 0.15) is 23.0 Å². The topological polar surface area (TPSA) is 76.9 Å². The Bertz CT molecular complexity index is 1480. The van der Waals surface area contributed by atoms with E-state index in [1.165, 1.54) is 0 Å². The molecule has 40 heavy (non-hydrogen) atoms. The van der Waals surface area contributed by atoms with Gasteiger partial charge in [0.15, 0.2) is 12.3 Å². The standard InChI is InChI=1S/C31H31ClN4O4/c1-3-39-31(38)27-20-29(36(33-27)28-7-5-4-6-22(28)2)23-8-12-25(13-9-23)34-16-18-35(19-17-34)30(37)21-40-26-14-10-24(32)11-15-26/h4-15,20H,3,16-19,21H2,1-2H3. The predicted molar refractivity (Wildman–Crippen MR) is 155 cm³/mol. The molecule has 0 N–H and O–H groups in total. The van der Waals surface area contributed by atoms with Gasteiger partial charge in [-0.25, -0.2) is 9.48 Å². The molecule has 0 aliphatic carbocycles. The van der Waals surface area contributed by atoms with Crippen molar-refractivity contribution in [2.45, 2.75) is 13.8 Å². The van der Waals surface area contributed by atoms with Crippen LogP contribution in [0.15, 0.2) is 78.9 Å². The van der Waals surface area contributed by atoms with E-state index in [2.05, 4.69) is 22.1 Å². The Morgan fingerprint density at radius 1 is 0.925 bits per heavy atom. The van der Waals surface area contributed by atoms with Crippen molar-refractivity contribution in [3.8, 4) is 22.7 Å². The second-order valence-corrected chi connectivity index (χ2v) is 9.93. The lowest BCUT2D eigenvalue weighted by Crippen LogP contribution is -2.50. The molecule has 1 saturated heterocycles. The zero-order chi connectivity index (χ0) is 28.1. The number of esters is 1. The maximum Gasteiger partial charge on any atom is 0.358 e. The number of benzene rings is 3. The van der Waals surface area contributed by atoms with Gasteiger partial charge in [0.2, 0.25) is 0 Å². The number of anilines is 1. The fourth-order valence-corrected chi connectivity index (χ4v) is 4.83. The summed E-state index contributed by atoms with van der Waals surface area (Å²) < 4.78 is 12.6. The Labute approximate surface area is 238 Å². The average molecular weight is 559 g/mol. The van der Waals surface area contributed by atoms with Gasteiger partial charge in [0.1, 0.15) is 5.75 Å². The predicted octanol–water partition coefficient (Wildman–Crippen LogP) is 5.41. The molecule has 8 nitrogen and oxygen atoms in total. The second kappa shape index (κ2) is 12.3. The van der Waals surface area contributed by atoms with Gasteiger partial charge in [0.25, 0.3) is 5.91 Å². The average Bonchev–Trinajstić information content (AvgIpc) is 3.43. The van der Waals surface area contributed by atoms with E-state index in [1.807, 2.05) is 48.2 Å². The molecule has 1 aliphatic rings. The molecule has 0 saturated carbocycles. The van der Waals surface area contributed by atoms with Crippen LogP contribution in [0.25, 0.3) is 16.9 Å². The molecule has 5 rings (SSSR count). The number of carbonyl (C=O) groups is 2. The summed E-state index contributed by atoms with van der Waals surface area (Å²) in [5, 5.41) is 5.22. The number of amides is 1. The zero-order valence-corrected chi connectivity index (χ0v) is 23.3. The highest BCUT2D eigenvalue weighted by atomic mass is 35.5. The van der Waals surface area contributed by atoms with Crippen molar-refractivity contribution in [1.82, 2.24) is 14.7 Å². The van der Waals surface area contributed by atoms with Crippen LogP contribution in [0.5, 0.6) is 5.75 Å². The van der Waals surface area contributed by atoms with Crippen molar-refractivity contribution in [1.29, 1.82) is 0 Å². The van der Waals surface area contributed by atoms with E-state index in [0.717, 1.165) is 41.3 Å². The third-order valence-corrected chi connectivity index (χ3v) is 7.13. The number of halogens is 1. The van der Waals surface area contributed by atoms with E-state index in [1.54, 1.807) is 41.9 Å². The summed E-state index contributed by atoms with van der Waals surface area (Å²) in [6.07, 6.45) is 0. The Kier molecular flexibility index (Phi) is 8.36. The Morgan fingerprint density at radius 2 is 1.62 bits per heavy atom. The third-order valence-electron chi connectivity index (χ3n) is 6.87. The molecule has 1 aromatic heterocycles. The summed E-state index contributed by atoms with van der Waals surface area (Å²) in [7, 11) is 0. The molecule has 1 fully saturated rings. The number of rotatable bonds is 8. The van der Waals surface area contributed by atoms with Crippen molar-refractivity contribution < 1.29 is 19.1 Å². The largest absolute Gasteiger partial charge is 0.484 e. The van der Waals surface area contributed by atoms with Crippen LogP contribution >= 0.6 is 11.6 Å². The zero-order valence-electron chi connectivity index (χ0n) is 22.5. The SMILES string of the molecule is CCOC(=O)c1cc(-c2ccc(N3CCN(C(=O)COc4ccc(Cl)cc4)CC3)cc2)n(-c2ccccc2C)n1. The van der Waals surface area contributed by atoms with Gasteiger partial charge < -0.3 is 19.3 Å². The summed E-state index contributed by atoms with van der Waals surface area (Å²) >= 11 is 5.90. The minimum atomic E-state index is -0.446. The van der Waals surface area contributed by atoms with E-state index in [0.29, 0.717) is 23.9 Å². The Balaban J connectivity index is 1.26. The number of ether oxygens (including phenoxy) is 2. The minimum absolute atomic E-state index is 0.00130. The molecular formula is C31H31ClN4O4. The molecular weight excluding hydrogens is 528 g/mol. The van der Waals surface area contributed by atoms with E-state index in [9.17, 15) is 9.59 Å². The first-order valence-electron chi connectivity index (χ1n) is 13.3. The number of aryl methyl sites for hydroxylation is 1. The highest BCUT2D eigenvalue weighted by Crippen LogP contribution is 2.28. The molecule has 0 radical (unpaired) electrons. The second-order valence-electron chi connectivity index (χ2n) is 9.49. The molecule has 9 heteroatoms. The van der Waals surface area contributed by atoms with Crippen LogP contribution < -0.4 is 9.64 Å². The molecule has 0 bridgehead atoms. The summed E-state index contributed by atoms with van der Waals surface area (Å²) in [5.41, 5.74) is 5.02. The van der Waals surface area contributed by atoms with Crippen molar-refractivity contribution >= 4 is 29.2 Å². The molecule has 0 atom stereocenters. The van der Waals surface area contributed by atoms with Crippen LogP contribution in [0.4, 0.5) is 5.69 Å². The van der Waals surface area contributed by atoms with Crippen LogP contribution in [0.3, 0.4) is 0 Å². The van der Waals surface area contributed by atoms with Gasteiger partial charge in [-0.3, -0.25) is 4.79 Å². The monoisotopic (exact) mass is 558 g/mol. The molecule has 2 heterocycles. The molecule has 0 unspecified atom stereocenters. The lowest BCUT2D eigenvalue weighted by atomic mass is 10.1. The lowest BCUT2D eigenvalue weighted by molar-refractivity contribution is -0.133. The first-order chi connectivity index (χ1) is 19.4. The smallest absolute Gasteiger partial charge is 0.358 e. The number of nitrogens with zero attached hydrogens (tertiary/aromatic N) is 4. The number of piperazine rings is 1. The number of aromatic nitrogens is 2. The summed E-state index contributed by atoms with van der Waals surface area (Å²) in [5.74, 6) is 0.139. The maximum absolute atomic E-state index is 12.7. The van der Waals surface area contributed by atoms with Crippen molar-refractivity contribution in [3.05, 3.63) is 95.1 Å². The Hall–Kier alpha value is -4.30. The van der Waals surface area contributed by atoms with Crippen molar-refractivity contribution in [2.75, 3.05) is 44.3 Å². The first kappa shape index (κ1) is 27.3. The molecule has 3 aromatic carbocycles. The molecule has 0 spiro atoms. The normalized spacial score (nSPS) is 13.3. The lowest BCUT2D eigenvalue weighted by Gasteiger charge is -2.36. The van der Waals surface area contributed by atoms with E-state index in [4.69, 9.17) is 21.1 Å². The van der Waals surface area contributed by atoms with Gasteiger partial charge in [-0.1, -0.05) is 41.9 Å². The van der Waals surface area contributed by atoms with Gasteiger partial charge in [-0.15, -0.1) is 0 Å². The van der Waals surface area contributed by atoms with Gasteiger partial charge in [-0.05, 0) is 67.9 Å². The van der Waals surface area contributed by atoms with Gasteiger partial charge in [-0.2, -0.15) is 5.10 Å². The molecule has 206 valence electrons. The van der Waals surface area contributed by atoms with Crippen LogP contribution in [-0.4, -0.2) is 65.9 Å². The van der Waals surface area contributed by atoms with E-state index >= 15 is 0 Å². The van der Waals surface area contributed by atoms with E-state index in [-0.39, 0.29) is 24.8 Å². The fraction of sp³-hybridized carbons (Fsp3) is 0.258. The number of hydrogen-bond donors (Lipinski definition) is 0. The summed E-state index contributed by atoms with van der Waals surface area (Å²) in [4.78, 5) is 29.2. The van der Waals surface area contributed by atoms with Crippen molar-refractivity contribution in [2.24, 2.45) is 0 Å². The van der Waals surface area contributed by atoms with Crippen LogP contribution in [0.2, 0.25) is 5.02 Å². The Morgan fingerprint density at radius 3 is 2.30 bits per heavy atom. The van der Waals surface area contributed by atoms with Gasteiger partial charge >= 0.3 is 5.97 Å². The van der Waals surface area contributed by atoms with E-state index < -0.39 is 5.97 Å². The third kappa shape index (κ3) is 6.13. The van der Waals surface area contributed by atoms with Gasteiger partial charge in [0.05, 0.1) is 18.0 Å². The van der Waals surface area contributed by atoms with Crippen LogP contribution in [-0.2, 0) is 9.53 Å². The molecule has 1 amide bonds. The number of carbonyl (C=O) groups excluding carboxylic acids is 2. The first-order valence-corrected chi connectivity index (χ1v) is 13.7. The summed E-state index contributed by atoms with van der Waals surface area (Å²) in [6, 6.07) is 24.9. The quantitative estimate of drug-likeness (QED) is 0.269. The molecule has 4 aromatic rings.